The number of ether oxygens (including phenoxy) is 2. The molecule has 0 atom stereocenters. The van der Waals surface area contributed by atoms with Gasteiger partial charge in [0.05, 0.1) is 13.2 Å². The van der Waals surface area contributed by atoms with Crippen molar-refractivity contribution in [1.29, 1.82) is 0 Å². The standard InChI is InChI=1S/C34H36N2O4/c37-33(35-29-15-19-31(20-16-29)39-25-23-27-9-3-1-4-10-27)13-7-8-14-34(38)36-30-17-21-32(22-18-30)40-26-24-28-11-5-2-6-12-28/h1-6,9-12,15-22H,7-8,13-14,23-26H2,(H,35,37)(H,36,38). The number of carbonyl (C=O) groups excluding carboxylic acids is 2. The van der Waals surface area contributed by atoms with Crippen LogP contribution in [0.15, 0.2) is 109 Å². The number of anilines is 2. The Morgan fingerprint density at radius 2 is 0.875 bits per heavy atom. The summed E-state index contributed by atoms with van der Waals surface area (Å²) in [5, 5.41) is 5.80. The van der Waals surface area contributed by atoms with Crippen LogP contribution < -0.4 is 20.1 Å². The molecule has 4 aromatic carbocycles. The minimum atomic E-state index is -0.0685. The number of hydrogen-bond acceptors (Lipinski definition) is 4. The van der Waals surface area contributed by atoms with Gasteiger partial charge >= 0.3 is 0 Å². The molecule has 0 aliphatic carbocycles. The van der Waals surface area contributed by atoms with Crippen LogP contribution in [0.5, 0.6) is 11.5 Å². The second-order valence-electron chi connectivity index (χ2n) is 9.52. The van der Waals surface area contributed by atoms with Gasteiger partial charge in [0.25, 0.3) is 0 Å². The van der Waals surface area contributed by atoms with Crippen molar-refractivity contribution in [1.82, 2.24) is 0 Å². The van der Waals surface area contributed by atoms with E-state index in [4.69, 9.17) is 9.47 Å². The van der Waals surface area contributed by atoms with Gasteiger partial charge in [-0.3, -0.25) is 9.59 Å². The monoisotopic (exact) mass is 536 g/mol. The summed E-state index contributed by atoms with van der Waals surface area (Å²) in [6, 6.07) is 35.2. The van der Waals surface area contributed by atoms with Crippen LogP contribution in [-0.4, -0.2) is 25.0 Å². The lowest BCUT2D eigenvalue weighted by Crippen LogP contribution is -2.13. The normalized spacial score (nSPS) is 10.5. The molecule has 4 rings (SSSR count). The van der Waals surface area contributed by atoms with Crippen molar-refractivity contribution < 1.29 is 19.1 Å². The Hall–Kier alpha value is -4.58. The molecular weight excluding hydrogens is 500 g/mol. The molecule has 0 bridgehead atoms. The lowest BCUT2D eigenvalue weighted by atomic mass is 10.1. The van der Waals surface area contributed by atoms with E-state index in [0.29, 0.717) is 38.9 Å². The summed E-state index contributed by atoms with van der Waals surface area (Å²) < 4.78 is 11.6. The molecule has 0 fully saturated rings. The Bertz CT molecular complexity index is 1200. The van der Waals surface area contributed by atoms with E-state index in [1.165, 1.54) is 11.1 Å². The van der Waals surface area contributed by atoms with Crippen molar-refractivity contribution in [2.75, 3.05) is 23.8 Å². The summed E-state index contributed by atoms with van der Waals surface area (Å²) in [7, 11) is 0. The summed E-state index contributed by atoms with van der Waals surface area (Å²) in [4.78, 5) is 24.6. The fourth-order valence-electron chi connectivity index (χ4n) is 4.15. The molecule has 0 saturated heterocycles. The molecule has 0 saturated carbocycles. The lowest BCUT2D eigenvalue weighted by molar-refractivity contribution is -0.118. The molecule has 2 amide bonds. The van der Waals surface area contributed by atoms with Gasteiger partial charge in [-0.1, -0.05) is 60.7 Å². The topological polar surface area (TPSA) is 76.7 Å². The first-order valence-corrected chi connectivity index (χ1v) is 13.8. The van der Waals surface area contributed by atoms with Crippen LogP contribution >= 0.6 is 0 Å². The van der Waals surface area contributed by atoms with Gasteiger partial charge in [0.2, 0.25) is 11.8 Å². The maximum absolute atomic E-state index is 12.3. The van der Waals surface area contributed by atoms with Gasteiger partial charge in [-0.05, 0) is 72.5 Å². The zero-order valence-electron chi connectivity index (χ0n) is 22.7. The number of unbranched alkanes of at least 4 members (excludes halogenated alkanes) is 1. The number of carbonyl (C=O) groups is 2. The summed E-state index contributed by atoms with van der Waals surface area (Å²) in [5.41, 5.74) is 3.92. The summed E-state index contributed by atoms with van der Waals surface area (Å²) in [6.07, 6.45) is 3.67. The van der Waals surface area contributed by atoms with Crippen molar-refractivity contribution in [3.8, 4) is 11.5 Å². The average molecular weight is 537 g/mol. The molecule has 2 N–H and O–H groups in total. The second kappa shape index (κ2) is 15.7. The molecule has 40 heavy (non-hydrogen) atoms. The van der Waals surface area contributed by atoms with E-state index in [9.17, 15) is 9.59 Å². The molecule has 0 radical (unpaired) electrons. The lowest BCUT2D eigenvalue weighted by Gasteiger charge is -2.09. The number of amides is 2. The van der Waals surface area contributed by atoms with E-state index in [2.05, 4.69) is 34.9 Å². The molecule has 0 unspecified atom stereocenters. The fourth-order valence-corrected chi connectivity index (χ4v) is 4.15. The third kappa shape index (κ3) is 10.3. The SMILES string of the molecule is O=C(CCCCC(=O)Nc1ccc(OCCc2ccccc2)cc1)Nc1ccc(OCCc2ccccc2)cc1. The van der Waals surface area contributed by atoms with Crippen molar-refractivity contribution in [3.63, 3.8) is 0 Å². The van der Waals surface area contributed by atoms with Crippen LogP contribution in [0.1, 0.15) is 36.8 Å². The van der Waals surface area contributed by atoms with Gasteiger partial charge in [0, 0.05) is 37.1 Å². The zero-order valence-corrected chi connectivity index (χ0v) is 22.7. The summed E-state index contributed by atoms with van der Waals surface area (Å²) >= 11 is 0. The minimum Gasteiger partial charge on any atom is -0.493 e. The number of rotatable bonds is 15. The zero-order chi connectivity index (χ0) is 27.8. The maximum Gasteiger partial charge on any atom is 0.224 e. The maximum atomic E-state index is 12.3. The highest BCUT2D eigenvalue weighted by atomic mass is 16.5. The molecule has 0 aliphatic heterocycles. The van der Waals surface area contributed by atoms with E-state index in [1.807, 2.05) is 84.9 Å². The predicted molar refractivity (Wildman–Crippen MR) is 160 cm³/mol. The highest BCUT2D eigenvalue weighted by Crippen LogP contribution is 2.18. The molecule has 0 aliphatic rings. The molecule has 206 valence electrons. The van der Waals surface area contributed by atoms with Crippen LogP contribution in [0, 0.1) is 0 Å². The van der Waals surface area contributed by atoms with E-state index < -0.39 is 0 Å². The number of benzene rings is 4. The van der Waals surface area contributed by atoms with Crippen LogP contribution in [0.2, 0.25) is 0 Å². The van der Waals surface area contributed by atoms with Gasteiger partial charge < -0.3 is 20.1 Å². The van der Waals surface area contributed by atoms with Gasteiger partial charge in [-0.25, -0.2) is 0 Å². The van der Waals surface area contributed by atoms with E-state index in [1.54, 1.807) is 0 Å². The van der Waals surface area contributed by atoms with Crippen LogP contribution in [0.25, 0.3) is 0 Å². The smallest absolute Gasteiger partial charge is 0.224 e. The van der Waals surface area contributed by atoms with Crippen molar-refractivity contribution in [3.05, 3.63) is 120 Å². The minimum absolute atomic E-state index is 0.0685. The quantitative estimate of drug-likeness (QED) is 0.159. The summed E-state index contributed by atoms with van der Waals surface area (Å²) in [5.74, 6) is 1.40. The highest BCUT2D eigenvalue weighted by Gasteiger charge is 2.06. The van der Waals surface area contributed by atoms with Gasteiger partial charge in [-0.2, -0.15) is 0 Å². The highest BCUT2D eigenvalue weighted by molar-refractivity contribution is 5.91. The van der Waals surface area contributed by atoms with Crippen LogP contribution in [0.3, 0.4) is 0 Å². The third-order valence-corrected chi connectivity index (χ3v) is 6.34. The van der Waals surface area contributed by atoms with E-state index in [0.717, 1.165) is 35.7 Å². The number of nitrogens with one attached hydrogen (secondary N) is 2. The van der Waals surface area contributed by atoms with E-state index >= 15 is 0 Å². The van der Waals surface area contributed by atoms with Crippen LogP contribution in [-0.2, 0) is 22.4 Å². The predicted octanol–water partition coefficient (Wildman–Crippen LogP) is 7.07. The van der Waals surface area contributed by atoms with Crippen LogP contribution in [0.4, 0.5) is 11.4 Å². The van der Waals surface area contributed by atoms with Crippen molar-refractivity contribution in [2.24, 2.45) is 0 Å². The Morgan fingerprint density at radius 3 is 1.25 bits per heavy atom. The molecular formula is C34H36N2O4. The first kappa shape index (κ1) is 28.4. The molecule has 6 nitrogen and oxygen atoms in total. The molecule has 0 spiro atoms. The van der Waals surface area contributed by atoms with E-state index in [-0.39, 0.29) is 11.8 Å². The van der Waals surface area contributed by atoms with Crippen molar-refractivity contribution in [2.45, 2.75) is 38.5 Å². The first-order chi connectivity index (χ1) is 19.6. The van der Waals surface area contributed by atoms with Gasteiger partial charge in [-0.15, -0.1) is 0 Å². The molecule has 0 aromatic heterocycles. The Morgan fingerprint density at radius 1 is 0.500 bits per heavy atom. The molecule has 0 heterocycles. The first-order valence-electron chi connectivity index (χ1n) is 13.8. The number of hydrogen-bond donors (Lipinski definition) is 2. The Kier molecular flexibility index (Phi) is 11.2. The van der Waals surface area contributed by atoms with Gasteiger partial charge in [0.1, 0.15) is 11.5 Å². The third-order valence-electron chi connectivity index (χ3n) is 6.34. The second-order valence-corrected chi connectivity index (χ2v) is 9.52. The van der Waals surface area contributed by atoms with Crippen molar-refractivity contribution >= 4 is 23.2 Å². The largest absolute Gasteiger partial charge is 0.493 e. The Balaban J connectivity index is 1.06. The molecule has 6 heteroatoms. The fraction of sp³-hybridized carbons (Fsp3) is 0.235. The average Bonchev–Trinajstić information content (AvgIpc) is 2.98. The van der Waals surface area contributed by atoms with Gasteiger partial charge in [0.15, 0.2) is 0 Å². The Labute approximate surface area is 236 Å². The summed E-state index contributed by atoms with van der Waals surface area (Å²) in [6.45, 7) is 1.19. The molecule has 4 aromatic rings.